The summed E-state index contributed by atoms with van der Waals surface area (Å²) in [5.74, 6) is 2.90. The average molecular weight is 259 g/mol. The SMILES string of the molecule is CC#CCNC(=O)c1ccc(F)c(C(F)(F)F)c1. The minimum Gasteiger partial charge on any atom is -0.341 e. The molecule has 1 amide bonds. The molecule has 0 aromatic heterocycles. The van der Waals surface area contributed by atoms with Crippen LogP contribution in [0.25, 0.3) is 0 Å². The van der Waals surface area contributed by atoms with Crippen LogP contribution in [-0.2, 0) is 6.18 Å². The third-order valence-corrected chi connectivity index (χ3v) is 2.05. The maximum absolute atomic E-state index is 13.0. The fourth-order valence-corrected chi connectivity index (χ4v) is 1.20. The molecule has 0 fully saturated rings. The molecule has 1 aromatic carbocycles. The van der Waals surface area contributed by atoms with Crippen molar-refractivity contribution in [1.29, 1.82) is 0 Å². The van der Waals surface area contributed by atoms with E-state index in [1.54, 1.807) is 6.92 Å². The number of hydrogen-bond donors (Lipinski definition) is 1. The van der Waals surface area contributed by atoms with Crippen molar-refractivity contribution in [3.8, 4) is 11.8 Å². The molecule has 0 aliphatic carbocycles. The number of nitrogens with one attached hydrogen (secondary N) is 1. The summed E-state index contributed by atoms with van der Waals surface area (Å²) in [6.07, 6.45) is -4.83. The zero-order chi connectivity index (χ0) is 13.8. The summed E-state index contributed by atoms with van der Waals surface area (Å²) >= 11 is 0. The van der Waals surface area contributed by atoms with Crippen molar-refractivity contribution in [2.24, 2.45) is 0 Å². The van der Waals surface area contributed by atoms with Crippen LogP contribution in [0, 0.1) is 17.7 Å². The van der Waals surface area contributed by atoms with Crippen LogP contribution in [0.2, 0.25) is 0 Å². The maximum Gasteiger partial charge on any atom is 0.419 e. The summed E-state index contributed by atoms with van der Waals surface area (Å²) in [6.45, 7) is 1.58. The molecule has 2 nitrogen and oxygen atoms in total. The van der Waals surface area contributed by atoms with E-state index in [4.69, 9.17) is 0 Å². The molecule has 0 aliphatic rings. The van der Waals surface area contributed by atoms with Crippen molar-refractivity contribution in [2.45, 2.75) is 13.1 Å². The Balaban J connectivity index is 2.97. The second kappa shape index (κ2) is 5.54. The van der Waals surface area contributed by atoms with Crippen LogP contribution < -0.4 is 5.32 Å². The molecule has 96 valence electrons. The van der Waals surface area contributed by atoms with Gasteiger partial charge in [-0.2, -0.15) is 13.2 Å². The highest BCUT2D eigenvalue weighted by Crippen LogP contribution is 2.31. The van der Waals surface area contributed by atoms with Gasteiger partial charge < -0.3 is 5.32 Å². The van der Waals surface area contributed by atoms with Gasteiger partial charge in [0, 0.05) is 5.56 Å². The van der Waals surface area contributed by atoms with Gasteiger partial charge in [0.25, 0.3) is 5.91 Å². The van der Waals surface area contributed by atoms with Crippen molar-refractivity contribution in [2.75, 3.05) is 6.54 Å². The number of alkyl halides is 3. The van der Waals surface area contributed by atoms with Gasteiger partial charge in [0.2, 0.25) is 0 Å². The molecular weight excluding hydrogens is 250 g/mol. The Morgan fingerprint density at radius 1 is 1.39 bits per heavy atom. The summed E-state index contributed by atoms with van der Waals surface area (Å²) in [5, 5.41) is 2.30. The van der Waals surface area contributed by atoms with E-state index in [-0.39, 0.29) is 12.1 Å². The summed E-state index contributed by atoms with van der Waals surface area (Å²) in [7, 11) is 0. The first-order chi connectivity index (χ1) is 8.36. The number of hydrogen-bond acceptors (Lipinski definition) is 1. The van der Waals surface area contributed by atoms with Crippen LogP contribution >= 0.6 is 0 Å². The maximum atomic E-state index is 13.0. The van der Waals surface area contributed by atoms with E-state index in [1.165, 1.54) is 0 Å². The molecule has 1 rings (SSSR count). The predicted molar refractivity (Wildman–Crippen MR) is 57.2 cm³/mol. The molecule has 0 saturated heterocycles. The van der Waals surface area contributed by atoms with Gasteiger partial charge in [-0.1, -0.05) is 5.92 Å². The monoisotopic (exact) mass is 259 g/mol. The topological polar surface area (TPSA) is 29.1 Å². The standard InChI is InChI=1S/C12H9F4NO/c1-2-3-6-17-11(18)8-4-5-10(13)9(7-8)12(14,15)16/h4-5,7H,6H2,1H3,(H,17,18). The van der Waals surface area contributed by atoms with Crippen molar-refractivity contribution in [3.05, 3.63) is 35.1 Å². The Hall–Kier alpha value is -2.03. The van der Waals surface area contributed by atoms with Crippen molar-refractivity contribution < 1.29 is 22.4 Å². The number of carbonyl (C=O) groups is 1. The van der Waals surface area contributed by atoms with Gasteiger partial charge in [-0.25, -0.2) is 4.39 Å². The highest BCUT2D eigenvalue weighted by atomic mass is 19.4. The minimum absolute atomic E-state index is 0.0219. The Kier molecular flexibility index (Phi) is 4.32. The highest BCUT2D eigenvalue weighted by Gasteiger charge is 2.34. The van der Waals surface area contributed by atoms with Gasteiger partial charge in [-0.15, -0.1) is 5.92 Å². The van der Waals surface area contributed by atoms with E-state index < -0.39 is 23.5 Å². The zero-order valence-electron chi connectivity index (χ0n) is 9.36. The molecule has 0 spiro atoms. The molecule has 0 atom stereocenters. The van der Waals surface area contributed by atoms with E-state index in [1.807, 2.05) is 0 Å². The smallest absolute Gasteiger partial charge is 0.341 e. The third kappa shape index (κ3) is 3.48. The predicted octanol–water partition coefficient (Wildman–Crippen LogP) is 2.60. The first-order valence-electron chi connectivity index (χ1n) is 4.91. The fourth-order valence-electron chi connectivity index (χ4n) is 1.20. The normalized spacial score (nSPS) is 10.5. The van der Waals surface area contributed by atoms with Gasteiger partial charge in [0.05, 0.1) is 12.1 Å². The fraction of sp³-hybridized carbons (Fsp3) is 0.250. The number of halogens is 4. The van der Waals surface area contributed by atoms with Gasteiger partial charge in [-0.05, 0) is 25.1 Å². The Morgan fingerprint density at radius 3 is 2.61 bits per heavy atom. The number of rotatable bonds is 2. The van der Waals surface area contributed by atoms with Crippen molar-refractivity contribution >= 4 is 5.91 Å². The van der Waals surface area contributed by atoms with Gasteiger partial charge in [0.1, 0.15) is 5.82 Å². The summed E-state index contributed by atoms with van der Waals surface area (Å²) < 4.78 is 50.2. The molecule has 0 radical (unpaired) electrons. The minimum atomic E-state index is -4.83. The lowest BCUT2D eigenvalue weighted by Crippen LogP contribution is -2.24. The Morgan fingerprint density at radius 2 is 2.06 bits per heavy atom. The van der Waals surface area contributed by atoms with E-state index in [2.05, 4.69) is 17.2 Å². The van der Waals surface area contributed by atoms with Crippen LogP contribution in [0.3, 0.4) is 0 Å². The Bertz CT molecular complexity index is 511. The van der Waals surface area contributed by atoms with E-state index >= 15 is 0 Å². The molecule has 0 saturated carbocycles. The molecule has 0 heterocycles. The van der Waals surface area contributed by atoms with Gasteiger partial charge in [0.15, 0.2) is 0 Å². The summed E-state index contributed by atoms with van der Waals surface area (Å²) in [4.78, 5) is 11.4. The largest absolute Gasteiger partial charge is 0.419 e. The second-order valence-electron chi connectivity index (χ2n) is 3.30. The second-order valence-corrected chi connectivity index (χ2v) is 3.30. The van der Waals surface area contributed by atoms with Gasteiger partial charge >= 0.3 is 6.18 Å². The molecule has 18 heavy (non-hydrogen) atoms. The molecule has 0 unspecified atom stereocenters. The van der Waals surface area contributed by atoms with Crippen LogP contribution in [0.15, 0.2) is 18.2 Å². The van der Waals surface area contributed by atoms with E-state index in [0.29, 0.717) is 12.1 Å². The molecule has 1 N–H and O–H groups in total. The first kappa shape index (κ1) is 14.0. The lowest BCUT2D eigenvalue weighted by molar-refractivity contribution is -0.140. The summed E-state index contributed by atoms with van der Waals surface area (Å²) in [6, 6.07) is 2.08. The lowest BCUT2D eigenvalue weighted by atomic mass is 10.1. The van der Waals surface area contributed by atoms with Crippen LogP contribution in [-0.4, -0.2) is 12.5 Å². The zero-order valence-corrected chi connectivity index (χ0v) is 9.36. The molecule has 0 bridgehead atoms. The van der Waals surface area contributed by atoms with Crippen LogP contribution in [0.4, 0.5) is 17.6 Å². The van der Waals surface area contributed by atoms with E-state index in [9.17, 15) is 22.4 Å². The lowest BCUT2D eigenvalue weighted by Gasteiger charge is -2.09. The third-order valence-electron chi connectivity index (χ3n) is 2.05. The number of carbonyl (C=O) groups excluding carboxylic acids is 1. The molecule has 1 aromatic rings. The van der Waals surface area contributed by atoms with Crippen LogP contribution in [0.1, 0.15) is 22.8 Å². The first-order valence-corrected chi connectivity index (χ1v) is 4.91. The molecule has 0 aliphatic heterocycles. The average Bonchev–Trinajstić information content (AvgIpc) is 2.28. The molecule has 6 heteroatoms. The quantitative estimate of drug-likeness (QED) is 0.642. The van der Waals surface area contributed by atoms with E-state index in [0.717, 1.165) is 6.07 Å². The van der Waals surface area contributed by atoms with Crippen molar-refractivity contribution in [3.63, 3.8) is 0 Å². The van der Waals surface area contributed by atoms with Crippen LogP contribution in [0.5, 0.6) is 0 Å². The van der Waals surface area contributed by atoms with Crippen molar-refractivity contribution in [1.82, 2.24) is 5.32 Å². The Labute approximate surface area is 101 Å². The number of benzene rings is 1. The number of amides is 1. The summed E-state index contributed by atoms with van der Waals surface area (Å²) in [5.41, 5.74) is -1.72. The van der Waals surface area contributed by atoms with Gasteiger partial charge in [-0.3, -0.25) is 4.79 Å². The molecular formula is C12H9F4NO. The highest BCUT2D eigenvalue weighted by molar-refractivity contribution is 5.94.